The van der Waals surface area contributed by atoms with Gasteiger partial charge in [-0.3, -0.25) is 0 Å². The highest BCUT2D eigenvalue weighted by Crippen LogP contribution is 2.28. The van der Waals surface area contributed by atoms with Crippen LogP contribution in [0.4, 0.5) is 0 Å². The van der Waals surface area contributed by atoms with Crippen molar-refractivity contribution >= 4 is 0 Å². The standard InChI is InChI=1S/C10H14/c1-3-9-5-2-6-10(4-1)8-7-9/h3,8H,1-2,4-7H2. The predicted octanol–water partition coefficient (Wildman–Crippen LogP) is 3.21. The van der Waals surface area contributed by atoms with Gasteiger partial charge in [-0.05, 0) is 38.5 Å². The zero-order valence-electron chi connectivity index (χ0n) is 6.40. The van der Waals surface area contributed by atoms with E-state index >= 15 is 0 Å². The second-order valence-electron chi connectivity index (χ2n) is 3.32. The van der Waals surface area contributed by atoms with Gasteiger partial charge in [0.1, 0.15) is 0 Å². The molecule has 2 bridgehead atoms. The highest BCUT2D eigenvalue weighted by Gasteiger charge is 2.08. The molecule has 0 heteroatoms. The first-order valence-electron chi connectivity index (χ1n) is 4.31. The number of hydrogen-bond acceptors (Lipinski definition) is 0. The molecule has 0 aliphatic heterocycles. The van der Waals surface area contributed by atoms with Crippen molar-refractivity contribution in [2.24, 2.45) is 0 Å². The van der Waals surface area contributed by atoms with Crippen molar-refractivity contribution in [2.45, 2.75) is 38.5 Å². The highest BCUT2D eigenvalue weighted by molar-refractivity contribution is 5.19. The lowest BCUT2D eigenvalue weighted by Crippen LogP contribution is -1.85. The van der Waals surface area contributed by atoms with E-state index < -0.39 is 0 Å². The summed E-state index contributed by atoms with van der Waals surface area (Å²) in [5.41, 5.74) is 3.40. The Kier molecular flexibility index (Phi) is 1.62. The molecular weight excluding hydrogens is 120 g/mol. The van der Waals surface area contributed by atoms with E-state index in [0.717, 1.165) is 0 Å². The van der Waals surface area contributed by atoms with Crippen LogP contribution < -0.4 is 0 Å². The van der Waals surface area contributed by atoms with E-state index in [4.69, 9.17) is 0 Å². The Morgan fingerprint density at radius 3 is 2.80 bits per heavy atom. The molecule has 0 spiro atoms. The Bertz CT molecular complexity index is 184. The summed E-state index contributed by atoms with van der Waals surface area (Å²) in [6, 6.07) is 0. The van der Waals surface area contributed by atoms with Gasteiger partial charge >= 0.3 is 0 Å². The molecule has 0 unspecified atom stereocenters. The average molecular weight is 134 g/mol. The first kappa shape index (κ1) is 6.21. The van der Waals surface area contributed by atoms with Crippen LogP contribution in [-0.4, -0.2) is 0 Å². The fourth-order valence-corrected chi connectivity index (χ4v) is 1.90. The maximum absolute atomic E-state index is 2.45. The van der Waals surface area contributed by atoms with E-state index in [1.165, 1.54) is 38.5 Å². The van der Waals surface area contributed by atoms with Gasteiger partial charge in [0, 0.05) is 0 Å². The third kappa shape index (κ3) is 1.16. The van der Waals surface area contributed by atoms with Crippen LogP contribution in [0.2, 0.25) is 0 Å². The molecule has 0 aromatic heterocycles. The Hall–Kier alpha value is -0.520. The summed E-state index contributed by atoms with van der Waals surface area (Å²) in [5, 5.41) is 0. The summed E-state index contributed by atoms with van der Waals surface area (Å²) in [6.45, 7) is 0. The molecule has 0 nitrogen and oxygen atoms in total. The first-order valence-corrected chi connectivity index (χ1v) is 4.31. The summed E-state index contributed by atoms with van der Waals surface area (Å²) < 4.78 is 0. The minimum atomic E-state index is 1.26. The zero-order chi connectivity index (χ0) is 6.81. The molecule has 0 fully saturated rings. The third-order valence-corrected chi connectivity index (χ3v) is 2.55. The van der Waals surface area contributed by atoms with Gasteiger partial charge in [0.05, 0.1) is 0 Å². The second-order valence-corrected chi connectivity index (χ2v) is 3.32. The van der Waals surface area contributed by atoms with Gasteiger partial charge in [-0.25, -0.2) is 0 Å². The van der Waals surface area contributed by atoms with Crippen molar-refractivity contribution in [1.29, 1.82) is 0 Å². The fraction of sp³-hybridized carbons (Fsp3) is 0.600. The van der Waals surface area contributed by atoms with Crippen LogP contribution in [0.1, 0.15) is 38.5 Å². The van der Waals surface area contributed by atoms with E-state index in [2.05, 4.69) is 12.2 Å². The fourth-order valence-electron chi connectivity index (χ4n) is 1.90. The lowest BCUT2D eigenvalue weighted by Gasteiger charge is -2.05. The quantitative estimate of drug-likeness (QED) is 0.446. The maximum Gasteiger partial charge on any atom is -0.0136 e. The number of allylic oxidation sites excluding steroid dienone is 4. The van der Waals surface area contributed by atoms with Crippen molar-refractivity contribution in [1.82, 2.24) is 0 Å². The van der Waals surface area contributed by atoms with Crippen molar-refractivity contribution in [2.75, 3.05) is 0 Å². The molecule has 2 aliphatic carbocycles. The van der Waals surface area contributed by atoms with Gasteiger partial charge in [0.25, 0.3) is 0 Å². The summed E-state index contributed by atoms with van der Waals surface area (Å²) >= 11 is 0. The summed E-state index contributed by atoms with van der Waals surface area (Å²) in [4.78, 5) is 0. The van der Waals surface area contributed by atoms with E-state index in [1.54, 1.807) is 11.1 Å². The molecule has 0 atom stereocenters. The molecule has 0 aromatic rings. The molecule has 0 amide bonds. The van der Waals surface area contributed by atoms with Crippen LogP contribution in [0.15, 0.2) is 23.3 Å². The molecule has 0 saturated heterocycles. The van der Waals surface area contributed by atoms with Crippen molar-refractivity contribution in [3.05, 3.63) is 23.3 Å². The lowest BCUT2D eigenvalue weighted by atomic mass is 10.0. The van der Waals surface area contributed by atoms with Gasteiger partial charge in [-0.1, -0.05) is 23.3 Å². The third-order valence-electron chi connectivity index (χ3n) is 2.55. The van der Waals surface area contributed by atoms with Crippen LogP contribution in [-0.2, 0) is 0 Å². The van der Waals surface area contributed by atoms with E-state index in [1.807, 2.05) is 0 Å². The highest BCUT2D eigenvalue weighted by atomic mass is 14.1. The minimum Gasteiger partial charge on any atom is -0.0847 e. The number of fused-ring (bicyclic) bond motifs is 2. The van der Waals surface area contributed by atoms with Gasteiger partial charge in [-0.2, -0.15) is 0 Å². The lowest BCUT2D eigenvalue weighted by molar-refractivity contribution is 0.756. The van der Waals surface area contributed by atoms with E-state index in [0.29, 0.717) is 0 Å². The van der Waals surface area contributed by atoms with E-state index in [9.17, 15) is 0 Å². The van der Waals surface area contributed by atoms with Crippen molar-refractivity contribution in [3.8, 4) is 0 Å². The van der Waals surface area contributed by atoms with Gasteiger partial charge in [0.2, 0.25) is 0 Å². The van der Waals surface area contributed by atoms with Crippen LogP contribution in [0.25, 0.3) is 0 Å². The van der Waals surface area contributed by atoms with Crippen LogP contribution >= 0.6 is 0 Å². The minimum absolute atomic E-state index is 1.26. The monoisotopic (exact) mass is 134 g/mol. The number of rotatable bonds is 0. The SMILES string of the molecule is C1=C2CC=C(CC1)CCC2. The molecule has 0 radical (unpaired) electrons. The maximum atomic E-state index is 2.45. The molecule has 10 heavy (non-hydrogen) atoms. The van der Waals surface area contributed by atoms with Gasteiger partial charge in [0.15, 0.2) is 0 Å². The van der Waals surface area contributed by atoms with Crippen molar-refractivity contribution < 1.29 is 0 Å². The van der Waals surface area contributed by atoms with Crippen LogP contribution in [0.5, 0.6) is 0 Å². The van der Waals surface area contributed by atoms with Crippen LogP contribution in [0.3, 0.4) is 0 Å². The van der Waals surface area contributed by atoms with Gasteiger partial charge < -0.3 is 0 Å². The molecule has 2 aliphatic rings. The predicted molar refractivity (Wildman–Crippen MR) is 43.9 cm³/mol. The van der Waals surface area contributed by atoms with E-state index in [-0.39, 0.29) is 0 Å². The Morgan fingerprint density at radius 1 is 0.900 bits per heavy atom. The Labute approximate surface area is 62.6 Å². The summed E-state index contributed by atoms with van der Waals surface area (Å²) in [6.07, 6.45) is 12.9. The van der Waals surface area contributed by atoms with Crippen molar-refractivity contribution in [3.63, 3.8) is 0 Å². The first-order chi connectivity index (χ1) is 4.95. The molecule has 54 valence electrons. The molecule has 2 rings (SSSR count). The largest absolute Gasteiger partial charge is 0.0847 e. The zero-order valence-corrected chi connectivity index (χ0v) is 6.40. The molecule has 0 N–H and O–H groups in total. The van der Waals surface area contributed by atoms with Gasteiger partial charge in [-0.15, -0.1) is 0 Å². The van der Waals surface area contributed by atoms with Crippen LogP contribution in [0, 0.1) is 0 Å². The molecular formula is C10H14. The molecule has 0 heterocycles. The Morgan fingerprint density at radius 2 is 1.80 bits per heavy atom. The second kappa shape index (κ2) is 2.61. The number of hydrogen-bond donors (Lipinski definition) is 0. The topological polar surface area (TPSA) is 0 Å². The normalized spacial score (nSPS) is 24.8. The average Bonchev–Trinajstić information content (AvgIpc) is 2.17. The summed E-state index contributed by atoms with van der Waals surface area (Å²) in [7, 11) is 0. The molecule has 0 aromatic carbocycles. The summed E-state index contributed by atoms with van der Waals surface area (Å²) in [5.74, 6) is 0. The smallest absolute Gasteiger partial charge is 0.0136 e. The molecule has 0 saturated carbocycles. The Balaban J connectivity index is 2.24.